The monoisotopic (exact) mass is 213 g/mol. The van der Waals surface area contributed by atoms with Crippen molar-refractivity contribution in [3.05, 3.63) is 17.5 Å². The van der Waals surface area contributed by atoms with Crippen LogP contribution in [-0.4, -0.2) is 36.6 Å². The van der Waals surface area contributed by atoms with E-state index in [2.05, 4.69) is 9.68 Å². The quantitative estimate of drug-likeness (QED) is 0.793. The molecule has 6 nitrogen and oxygen atoms in total. The summed E-state index contributed by atoms with van der Waals surface area (Å²) in [7, 11) is 1.51. The van der Waals surface area contributed by atoms with Crippen LogP contribution in [0.15, 0.2) is 10.8 Å². The molecular weight excluding hydrogens is 202 g/mol. The minimum atomic E-state index is -1.07. The number of ether oxygens (including phenoxy) is 2. The lowest BCUT2D eigenvalue weighted by atomic mass is 9.95. The van der Waals surface area contributed by atoms with E-state index in [4.69, 9.17) is 14.6 Å². The topological polar surface area (TPSA) is 81.8 Å². The van der Waals surface area contributed by atoms with Gasteiger partial charge in [-0.05, 0) is 0 Å². The molecule has 1 aromatic heterocycles. The second-order valence-corrected chi connectivity index (χ2v) is 3.38. The van der Waals surface area contributed by atoms with E-state index in [0.29, 0.717) is 25.3 Å². The molecule has 0 unspecified atom stereocenters. The number of aromatic nitrogens is 1. The fourth-order valence-electron chi connectivity index (χ4n) is 1.71. The zero-order valence-corrected chi connectivity index (χ0v) is 8.23. The number of aromatic carboxylic acids is 1. The maximum atomic E-state index is 10.9. The van der Waals surface area contributed by atoms with Gasteiger partial charge in [0, 0.05) is 20.1 Å². The standard InChI is InChI=1S/C9H11NO5/c1-13-9(2-3-14-5-9)7-6(8(11)12)4-15-10-7/h4H,2-3,5H2,1H3,(H,11,12)/t9-/m0/s1. The SMILES string of the molecule is CO[C@@]1(c2nocc2C(=O)O)CCOC1. The van der Waals surface area contributed by atoms with Crippen molar-refractivity contribution in [3.63, 3.8) is 0 Å². The Morgan fingerprint density at radius 2 is 2.53 bits per heavy atom. The molecule has 15 heavy (non-hydrogen) atoms. The van der Waals surface area contributed by atoms with Gasteiger partial charge in [0.25, 0.3) is 0 Å². The molecule has 1 atom stereocenters. The number of hydrogen-bond acceptors (Lipinski definition) is 5. The first-order valence-corrected chi connectivity index (χ1v) is 4.51. The first kappa shape index (κ1) is 10.1. The van der Waals surface area contributed by atoms with Crippen LogP contribution in [0.5, 0.6) is 0 Å². The van der Waals surface area contributed by atoms with Gasteiger partial charge in [-0.3, -0.25) is 0 Å². The summed E-state index contributed by atoms with van der Waals surface area (Å²) >= 11 is 0. The van der Waals surface area contributed by atoms with Gasteiger partial charge >= 0.3 is 5.97 Å². The number of carbonyl (C=O) groups is 1. The van der Waals surface area contributed by atoms with E-state index in [9.17, 15) is 4.79 Å². The summed E-state index contributed by atoms with van der Waals surface area (Å²) in [5, 5.41) is 12.6. The van der Waals surface area contributed by atoms with E-state index in [0.717, 1.165) is 6.26 Å². The fourth-order valence-corrected chi connectivity index (χ4v) is 1.71. The van der Waals surface area contributed by atoms with Gasteiger partial charge < -0.3 is 19.1 Å². The van der Waals surface area contributed by atoms with Crippen LogP contribution in [0, 0.1) is 0 Å². The van der Waals surface area contributed by atoms with E-state index in [-0.39, 0.29) is 5.56 Å². The second-order valence-electron chi connectivity index (χ2n) is 3.38. The van der Waals surface area contributed by atoms with Crippen LogP contribution >= 0.6 is 0 Å². The molecule has 0 amide bonds. The van der Waals surface area contributed by atoms with E-state index in [1.54, 1.807) is 0 Å². The van der Waals surface area contributed by atoms with Crippen molar-refractivity contribution in [1.82, 2.24) is 5.16 Å². The predicted octanol–water partition coefficient (Wildman–Crippen LogP) is 0.635. The van der Waals surface area contributed by atoms with Crippen molar-refractivity contribution < 1.29 is 23.9 Å². The highest BCUT2D eigenvalue weighted by Crippen LogP contribution is 2.34. The third-order valence-corrected chi connectivity index (χ3v) is 2.61. The van der Waals surface area contributed by atoms with Gasteiger partial charge in [-0.25, -0.2) is 4.79 Å². The number of carboxylic acids is 1. The lowest BCUT2D eigenvalue weighted by Crippen LogP contribution is -2.31. The average molecular weight is 213 g/mol. The lowest BCUT2D eigenvalue weighted by molar-refractivity contribution is -0.0272. The second kappa shape index (κ2) is 3.63. The van der Waals surface area contributed by atoms with Crippen LogP contribution in [0.3, 0.4) is 0 Å². The Labute approximate surface area is 85.8 Å². The zero-order valence-electron chi connectivity index (χ0n) is 8.23. The summed E-state index contributed by atoms with van der Waals surface area (Å²) < 4.78 is 15.2. The first-order chi connectivity index (χ1) is 7.19. The summed E-state index contributed by atoms with van der Waals surface area (Å²) in [5.41, 5.74) is -0.446. The fraction of sp³-hybridized carbons (Fsp3) is 0.556. The normalized spacial score (nSPS) is 25.7. The molecule has 6 heteroatoms. The Bertz CT molecular complexity index is 366. The highest BCUT2D eigenvalue weighted by molar-refractivity contribution is 5.88. The van der Waals surface area contributed by atoms with Crippen molar-refractivity contribution in [2.24, 2.45) is 0 Å². The van der Waals surface area contributed by atoms with Gasteiger partial charge in [-0.15, -0.1) is 0 Å². The summed E-state index contributed by atoms with van der Waals surface area (Å²) in [5.74, 6) is -1.07. The lowest BCUT2D eigenvalue weighted by Gasteiger charge is -2.23. The van der Waals surface area contributed by atoms with Crippen LogP contribution in [-0.2, 0) is 15.1 Å². The average Bonchev–Trinajstić information content (AvgIpc) is 2.87. The van der Waals surface area contributed by atoms with Gasteiger partial charge in [-0.1, -0.05) is 5.16 Å². The molecule has 1 aliphatic rings. The third kappa shape index (κ3) is 1.51. The Morgan fingerprint density at radius 1 is 1.73 bits per heavy atom. The van der Waals surface area contributed by atoms with Crippen molar-refractivity contribution >= 4 is 5.97 Å². The number of nitrogens with zero attached hydrogens (tertiary/aromatic N) is 1. The number of rotatable bonds is 3. The molecule has 1 aliphatic heterocycles. The molecule has 1 N–H and O–H groups in total. The highest BCUT2D eigenvalue weighted by atomic mass is 16.6. The molecule has 0 spiro atoms. The minimum Gasteiger partial charge on any atom is -0.478 e. The molecule has 1 saturated heterocycles. The van der Waals surface area contributed by atoms with Gasteiger partial charge in [0.1, 0.15) is 23.1 Å². The molecule has 2 heterocycles. The first-order valence-electron chi connectivity index (χ1n) is 4.51. The van der Waals surface area contributed by atoms with Crippen molar-refractivity contribution in [2.75, 3.05) is 20.3 Å². The minimum absolute atomic E-state index is 0.0300. The molecule has 1 aromatic rings. The van der Waals surface area contributed by atoms with Crippen molar-refractivity contribution in [2.45, 2.75) is 12.0 Å². The van der Waals surface area contributed by atoms with Crippen molar-refractivity contribution in [1.29, 1.82) is 0 Å². The third-order valence-electron chi connectivity index (χ3n) is 2.61. The molecule has 0 bridgehead atoms. The molecule has 0 saturated carbocycles. The Kier molecular flexibility index (Phi) is 2.45. The van der Waals surface area contributed by atoms with E-state index in [1.807, 2.05) is 0 Å². The van der Waals surface area contributed by atoms with Crippen LogP contribution in [0.2, 0.25) is 0 Å². The smallest absolute Gasteiger partial charge is 0.341 e. The number of methoxy groups -OCH3 is 1. The molecule has 0 radical (unpaired) electrons. The van der Waals surface area contributed by atoms with Crippen LogP contribution in [0.1, 0.15) is 22.5 Å². The van der Waals surface area contributed by atoms with Crippen LogP contribution < -0.4 is 0 Å². The van der Waals surface area contributed by atoms with Gasteiger partial charge in [-0.2, -0.15) is 0 Å². The van der Waals surface area contributed by atoms with Gasteiger partial charge in [0.2, 0.25) is 0 Å². The van der Waals surface area contributed by atoms with E-state index >= 15 is 0 Å². The van der Waals surface area contributed by atoms with Crippen molar-refractivity contribution in [3.8, 4) is 0 Å². The zero-order chi connectivity index (χ0) is 10.9. The summed E-state index contributed by atoms with van der Waals surface area (Å²) in [4.78, 5) is 10.9. The molecule has 82 valence electrons. The maximum absolute atomic E-state index is 10.9. The number of carboxylic acid groups (broad SMARTS) is 1. The van der Waals surface area contributed by atoms with Crippen LogP contribution in [0.4, 0.5) is 0 Å². The summed E-state index contributed by atoms with van der Waals surface area (Å²) in [6.45, 7) is 0.829. The highest BCUT2D eigenvalue weighted by Gasteiger charge is 2.42. The molecular formula is C9H11NO5. The van der Waals surface area contributed by atoms with E-state index < -0.39 is 11.6 Å². The number of hydrogen-bond donors (Lipinski definition) is 1. The maximum Gasteiger partial charge on any atom is 0.341 e. The molecule has 0 aliphatic carbocycles. The molecule has 2 rings (SSSR count). The summed E-state index contributed by atoms with van der Waals surface area (Å²) in [6.07, 6.45) is 1.69. The summed E-state index contributed by atoms with van der Waals surface area (Å²) in [6, 6.07) is 0. The Balaban J connectivity index is 2.42. The molecule has 1 fully saturated rings. The molecule has 0 aromatic carbocycles. The Morgan fingerprint density at radius 3 is 3.07 bits per heavy atom. The van der Waals surface area contributed by atoms with Gasteiger partial charge in [0.05, 0.1) is 6.61 Å². The van der Waals surface area contributed by atoms with Crippen LogP contribution in [0.25, 0.3) is 0 Å². The van der Waals surface area contributed by atoms with E-state index in [1.165, 1.54) is 7.11 Å². The largest absolute Gasteiger partial charge is 0.478 e. The predicted molar refractivity (Wildman–Crippen MR) is 47.6 cm³/mol. The Hall–Kier alpha value is -1.40. The van der Waals surface area contributed by atoms with Gasteiger partial charge in [0.15, 0.2) is 0 Å².